The van der Waals surface area contributed by atoms with Crippen LogP contribution >= 0.6 is 0 Å². The van der Waals surface area contributed by atoms with Crippen molar-refractivity contribution in [1.82, 2.24) is 4.90 Å². The number of ketones is 1. The van der Waals surface area contributed by atoms with Crippen LogP contribution in [0.1, 0.15) is 73.0 Å². The normalized spacial score (nSPS) is 22.7. The van der Waals surface area contributed by atoms with Crippen molar-refractivity contribution >= 4 is 28.6 Å². The van der Waals surface area contributed by atoms with Crippen LogP contribution in [-0.2, 0) is 25.5 Å². The van der Waals surface area contributed by atoms with Gasteiger partial charge >= 0.3 is 5.97 Å². The Morgan fingerprint density at radius 2 is 1.80 bits per heavy atom. The van der Waals surface area contributed by atoms with Gasteiger partial charge in [0.15, 0.2) is 5.78 Å². The summed E-state index contributed by atoms with van der Waals surface area (Å²) in [7, 11) is 0. The van der Waals surface area contributed by atoms with Crippen molar-refractivity contribution in [1.29, 1.82) is 0 Å². The molecule has 2 aromatic carbocycles. The third-order valence-corrected chi connectivity index (χ3v) is 9.17. The van der Waals surface area contributed by atoms with Gasteiger partial charge in [-0.25, -0.2) is 9.18 Å². The van der Waals surface area contributed by atoms with E-state index in [2.05, 4.69) is 0 Å². The molecule has 1 aromatic heterocycles. The second kappa shape index (κ2) is 14.9. The number of Topliss-reactive ketones (excluding diaryl/α,β-unsaturated/α-hetero) is 1. The summed E-state index contributed by atoms with van der Waals surface area (Å²) in [6, 6.07) is 16.0. The highest BCUT2D eigenvalue weighted by Gasteiger charge is 2.44. The Labute approximate surface area is 258 Å². The van der Waals surface area contributed by atoms with Gasteiger partial charge in [-0.05, 0) is 74.3 Å². The second-order valence-corrected chi connectivity index (χ2v) is 12.0. The van der Waals surface area contributed by atoms with Crippen LogP contribution in [0.2, 0.25) is 0 Å². The molecule has 236 valence electrons. The summed E-state index contributed by atoms with van der Waals surface area (Å²) in [6.45, 7) is 3.26. The van der Waals surface area contributed by atoms with Crippen molar-refractivity contribution in [3.63, 3.8) is 0 Å². The zero-order valence-corrected chi connectivity index (χ0v) is 25.4. The van der Waals surface area contributed by atoms with Gasteiger partial charge in [-0.3, -0.25) is 9.59 Å². The quantitative estimate of drug-likeness (QED) is 0.199. The number of carbonyl (C=O) groups excluding carboxylic acids is 3. The molecule has 0 spiro atoms. The molecule has 0 unspecified atom stereocenters. The molecule has 0 bridgehead atoms. The summed E-state index contributed by atoms with van der Waals surface area (Å²) < 4.78 is 29.4. The molecule has 8 nitrogen and oxygen atoms in total. The molecule has 0 radical (unpaired) electrons. The topological polar surface area (TPSA) is 112 Å². The van der Waals surface area contributed by atoms with Crippen molar-refractivity contribution in [3.05, 3.63) is 71.5 Å². The van der Waals surface area contributed by atoms with E-state index in [4.69, 9.17) is 19.6 Å². The first kappa shape index (κ1) is 31.9. The van der Waals surface area contributed by atoms with E-state index in [-0.39, 0.29) is 48.2 Å². The fourth-order valence-corrected chi connectivity index (χ4v) is 6.79. The maximum absolute atomic E-state index is 14.1. The maximum atomic E-state index is 14.1. The molecule has 1 amide bonds. The Bertz CT molecular complexity index is 1420. The van der Waals surface area contributed by atoms with Crippen molar-refractivity contribution in [3.8, 4) is 0 Å². The number of ether oxygens (including phenoxy) is 2. The van der Waals surface area contributed by atoms with E-state index in [0.29, 0.717) is 56.4 Å². The van der Waals surface area contributed by atoms with Crippen LogP contribution in [0.4, 0.5) is 4.39 Å². The summed E-state index contributed by atoms with van der Waals surface area (Å²) in [5, 5.41) is 0.707. The zero-order chi connectivity index (χ0) is 31.1. The lowest BCUT2D eigenvalue weighted by atomic mass is 9.78. The van der Waals surface area contributed by atoms with E-state index in [9.17, 15) is 18.8 Å². The Hall–Kier alpha value is -3.56. The molecule has 5 rings (SSSR count). The summed E-state index contributed by atoms with van der Waals surface area (Å²) in [6.07, 6.45) is 4.25. The Kier molecular flexibility index (Phi) is 10.8. The van der Waals surface area contributed by atoms with Crippen molar-refractivity contribution < 1.29 is 32.7 Å². The number of hydrogen-bond donors (Lipinski definition) is 1. The first-order chi connectivity index (χ1) is 21.4. The Balaban J connectivity index is 1.29. The molecule has 2 N–H and O–H groups in total. The van der Waals surface area contributed by atoms with Gasteiger partial charge in [0.05, 0.1) is 12.6 Å². The summed E-state index contributed by atoms with van der Waals surface area (Å²) in [5.74, 6) is -0.607. The van der Waals surface area contributed by atoms with Crippen molar-refractivity contribution in [2.75, 3.05) is 33.0 Å². The van der Waals surface area contributed by atoms with E-state index in [1.807, 2.05) is 49.4 Å². The maximum Gasteiger partial charge on any atom is 0.374 e. The highest BCUT2D eigenvalue weighted by atomic mass is 19.1. The molecular weight excluding hydrogens is 563 g/mol. The molecular formula is C35H43FN2O6. The van der Waals surface area contributed by atoms with Gasteiger partial charge in [0.1, 0.15) is 12.3 Å². The molecule has 1 aliphatic carbocycles. The van der Waals surface area contributed by atoms with E-state index in [1.54, 1.807) is 17.0 Å². The lowest BCUT2D eigenvalue weighted by Gasteiger charge is -2.35. The molecule has 44 heavy (non-hydrogen) atoms. The third kappa shape index (κ3) is 7.38. The van der Waals surface area contributed by atoms with Crippen molar-refractivity contribution in [2.45, 2.75) is 69.9 Å². The number of likely N-dealkylation sites (tertiary alicyclic amines) is 1. The molecule has 3 aromatic rings. The number of esters is 1. The number of alkyl halides is 1. The summed E-state index contributed by atoms with van der Waals surface area (Å²) >= 11 is 0. The van der Waals surface area contributed by atoms with Gasteiger partial charge < -0.3 is 24.5 Å². The minimum Gasteiger partial charge on any atom is -0.460 e. The van der Waals surface area contributed by atoms with Crippen LogP contribution in [0, 0.1) is 11.8 Å². The van der Waals surface area contributed by atoms with Gasteiger partial charge in [-0.15, -0.1) is 0 Å². The van der Waals surface area contributed by atoms with Crippen molar-refractivity contribution in [2.24, 2.45) is 17.6 Å². The summed E-state index contributed by atoms with van der Waals surface area (Å²) in [4.78, 5) is 42.2. The average molecular weight is 607 g/mol. The van der Waals surface area contributed by atoms with E-state index in [1.165, 1.54) is 0 Å². The van der Waals surface area contributed by atoms with E-state index in [0.717, 1.165) is 24.0 Å². The highest BCUT2D eigenvalue weighted by Crippen LogP contribution is 2.38. The molecule has 1 aliphatic heterocycles. The number of carbonyl (C=O) groups is 3. The Morgan fingerprint density at radius 1 is 1.02 bits per heavy atom. The first-order valence-electron chi connectivity index (χ1n) is 15.9. The lowest BCUT2D eigenvalue weighted by Crippen LogP contribution is -2.47. The SMILES string of the molecule is CCOCCCOC(=O)c1cc2cc(CC(=O)[C@@H]3[C@@H](c4ccccc4)CCN3C(=O)C3CCC([C@H](N)CF)CC3)ccc2o1. The van der Waals surface area contributed by atoms with Gasteiger partial charge in [0, 0.05) is 55.9 Å². The predicted molar refractivity (Wildman–Crippen MR) is 165 cm³/mol. The van der Waals surface area contributed by atoms with Crippen LogP contribution in [-0.4, -0.2) is 67.7 Å². The Morgan fingerprint density at radius 3 is 2.52 bits per heavy atom. The van der Waals surface area contributed by atoms with E-state index < -0.39 is 24.7 Å². The monoisotopic (exact) mass is 606 g/mol. The third-order valence-electron chi connectivity index (χ3n) is 9.17. The minimum absolute atomic E-state index is 0.0174. The number of furan rings is 1. The van der Waals surface area contributed by atoms with Gasteiger partial charge in [-0.1, -0.05) is 36.4 Å². The number of amides is 1. The number of halogens is 1. The van der Waals surface area contributed by atoms with Crippen LogP contribution in [0.3, 0.4) is 0 Å². The van der Waals surface area contributed by atoms with Gasteiger partial charge in [0.25, 0.3) is 0 Å². The zero-order valence-electron chi connectivity index (χ0n) is 25.4. The molecule has 3 atom stereocenters. The van der Waals surface area contributed by atoms with Crippen LogP contribution < -0.4 is 5.73 Å². The molecule has 1 saturated heterocycles. The number of nitrogens with two attached hydrogens (primary N) is 1. The summed E-state index contributed by atoms with van der Waals surface area (Å²) in [5.41, 5.74) is 8.31. The van der Waals surface area contributed by atoms with Crippen LogP contribution in [0.25, 0.3) is 11.0 Å². The smallest absolute Gasteiger partial charge is 0.374 e. The number of fused-ring (bicyclic) bond motifs is 1. The minimum atomic E-state index is -0.571. The number of benzene rings is 2. The molecule has 9 heteroatoms. The first-order valence-corrected chi connectivity index (χ1v) is 15.9. The average Bonchev–Trinajstić information content (AvgIpc) is 3.69. The molecule has 2 aliphatic rings. The number of rotatable bonds is 13. The van der Waals surface area contributed by atoms with Crippen LogP contribution in [0.5, 0.6) is 0 Å². The number of hydrogen-bond acceptors (Lipinski definition) is 7. The lowest BCUT2D eigenvalue weighted by molar-refractivity contribution is -0.142. The predicted octanol–water partition coefficient (Wildman–Crippen LogP) is 5.62. The molecule has 2 fully saturated rings. The van der Waals surface area contributed by atoms with E-state index >= 15 is 0 Å². The largest absolute Gasteiger partial charge is 0.460 e. The van der Waals surface area contributed by atoms with Gasteiger partial charge in [-0.2, -0.15) is 0 Å². The fourth-order valence-electron chi connectivity index (χ4n) is 6.79. The standard InChI is InChI=1S/C35H43FN2O6/c1-2-42-17-6-18-43-35(41)32-21-27-19-23(9-14-31(27)44-32)20-30(39)33-28(24-7-4-3-5-8-24)15-16-38(33)34(40)26-12-10-25(11-13-26)29(37)22-36/h3-5,7-9,14,19,21,25-26,28-29,33H,2,6,10-13,15-18,20,22,37H2,1H3/t25?,26?,28-,29-,33+/m1/s1. The number of nitrogens with zero attached hydrogens (tertiary/aromatic N) is 1. The molecule has 2 heterocycles. The van der Waals surface area contributed by atoms with Gasteiger partial charge in [0.2, 0.25) is 11.7 Å². The van der Waals surface area contributed by atoms with Crippen LogP contribution in [0.15, 0.2) is 59.0 Å². The molecule has 1 saturated carbocycles. The fraction of sp³-hybridized carbons (Fsp3) is 0.514. The highest BCUT2D eigenvalue weighted by molar-refractivity contribution is 5.95. The second-order valence-electron chi connectivity index (χ2n) is 12.0.